The van der Waals surface area contributed by atoms with Crippen LogP contribution in [0.2, 0.25) is 0 Å². The van der Waals surface area contributed by atoms with E-state index >= 15 is 0 Å². The third-order valence-corrected chi connectivity index (χ3v) is 6.62. The van der Waals surface area contributed by atoms with Crippen LogP contribution < -0.4 is 4.74 Å². The third kappa shape index (κ3) is 5.40. The van der Waals surface area contributed by atoms with E-state index in [2.05, 4.69) is 51.3 Å². The first kappa shape index (κ1) is 21.6. The highest BCUT2D eigenvalue weighted by molar-refractivity contribution is 5.85. The normalized spacial score (nSPS) is 15.1. The van der Waals surface area contributed by atoms with Gasteiger partial charge in [-0.25, -0.2) is 0 Å². The molecule has 3 heterocycles. The van der Waals surface area contributed by atoms with E-state index in [1.54, 1.807) is 0 Å². The van der Waals surface area contributed by atoms with Crippen LogP contribution in [0.1, 0.15) is 24.1 Å². The van der Waals surface area contributed by atoms with Crippen LogP contribution >= 0.6 is 0 Å². The molecule has 4 nitrogen and oxygen atoms in total. The summed E-state index contributed by atoms with van der Waals surface area (Å²) in [7, 11) is 0. The average molecular weight is 438 g/mol. The number of piperidine rings is 1. The number of pyridine rings is 2. The predicted molar refractivity (Wildman–Crippen MR) is 135 cm³/mol. The zero-order chi connectivity index (χ0) is 22.5. The van der Waals surface area contributed by atoms with Gasteiger partial charge in [-0.3, -0.25) is 14.9 Å². The van der Waals surface area contributed by atoms with Crippen LogP contribution in [0.5, 0.6) is 5.75 Å². The zero-order valence-electron chi connectivity index (χ0n) is 19.3. The number of hydrogen-bond acceptors (Lipinski definition) is 4. The van der Waals surface area contributed by atoms with Crippen molar-refractivity contribution in [3.8, 4) is 17.0 Å². The molecule has 0 unspecified atom stereocenters. The standard InChI is InChI=1S/C29H31N3O/c1-22-11-12-26-28(31-22)9-5-10-29(26)33-19-18-32-16-13-23(14-17-32)20-24-6-4-7-25(21-24)27-8-2-3-15-30-27/h2-12,15,21,23H,13-14,16-20H2,1H3. The molecule has 0 spiro atoms. The van der Waals surface area contributed by atoms with Crippen molar-refractivity contribution in [1.29, 1.82) is 0 Å². The summed E-state index contributed by atoms with van der Waals surface area (Å²) in [6.07, 6.45) is 5.49. The lowest BCUT2D eigenvalue weighted by atomic mass is 9.89. The Labute approximate surface area is 196 Å². The van der Waals surface area contributed by atoms with E-state index in [1.807, 2.05) is 49.5 Å². The van der Waals surface area contributed by atoms with Crippen LogP contribution in [0.3, 0.4) is 0 Å². The fourth-order valence-electron chi connectivity index (χ4n) is 4.78. The maximum atomic E-state index is 6.15. The molecule has 1 aliphatic heterocycles. The topological polar surface area (TPSA) is 38.2 Å². The van der Waals surface area contributed by atoms with Gasteiger partial charge in [0.1, 0.15) is 12.4 Å². The second-order valence-corrected chi connectivity index (χ2v) is 9.03. The Balaban J connectivity index is 1.10. The number of aryl methyl sites for hydroxylation is 1. The van der Waals surface area contributed by atoms with Crippen molar-refractivity contribution < 1.29 is 4.74 Å². The van der Waals surface area contributed by atoms with Crippen molar-refractivity contribution in [2.75, 3.05) is 26.2 Å². The molecule has 2 aromatic carbocycles. The summed E-state index contributed by atoms with van der Waals surface area (Å²) >= 11 is 0. The fraction of sp³-hybridized carbons (Fsp3) is 0.310. The van der Waals surface area contributed by atoms with Gasteiger partial charge < -0.3 is 4.74 Å². The highest BCUT2D eigenvalue weighted by Crippen LogP contribution is 2.26. The SMILES string of the molecule is Cc1ccc2c(OCCN3CCC(Cc4cccc(-c5ccccn5)c4)CC3)cccc2n1. The molecule has 4 heteroatoms. The molecule has 1 aliphatic rings. The van der Waals surface area contributed by atoms with Crippen LogP contribution in [0, 0.1) is 12.8 Å². The molecule has 2 aromatic heterocycles. The number of rotatable bonds is 7. The number of likely N-dealkylation sites (tertiary alicyclic amines) is 1. The van der Waals surface area contributed by atoms with E-state index < -0.39 is 0 Å². The Bertz CT molecular complexity index is 1200. The summed E-state index contributed by atoms with van der Waals surface area (Å²) in [5, 5.41) is 1.09. The third-order valence-electron chi connectivity index (χ3n) is 6.62. The molecular weight excluding hydrogens is 406 g/mol. The van der Waals surface area contributed by atoms with Gasteiger partial charge in [0, 0.05) is 29.4 Å². The van der Waals surface area contributed by atoms with Crippen LogP contribution in [0.4, 0.5) is 0 Å². The van der Waals surface area contributed by atoms with Gasteiger partial charge in [-0.15, -0.1) is 0 Å². The maximum Gasteiger partial charge on any atom is 0.128 e. The maximum absolute atomic E-state index is 6.15. The Hall–Kier alpha value is -3.24. The number of nitrogens with zero attached hydrogens (tertiary/aromatic N) is 3. The van der Waals surface area contributed by atoms with Crippen LogP contribution in [-0.2, 0) is 6.42 Å². The minimum absolute atomic E-state index is 0.712. The summed E-state index contributed by atoms with van der Waals surface area (Å²) in [6, 6.07) is 25.3. The monoisotopic (exact) mass is 437 g/mol. The predicted octanol–water partition coefficient (Wildman–Crippen LogP) is 5.94. The lowest BCUT2D eigenvalue weighted by Crippen LogP contribution is -2.37. The van der Waals surface area contributed by atoms with Crippen molar-refractivity contribution in [2.45, 2.75) is 26.2 Å². The van der Waals surface area contributed by atoms with Crippen molar-refractivity contribution in [3.05, 3.63) is 90.3 Å². The first-order valence-corrected chi connectivity index (χ1v) is 12.0. The van der Waals surface area contributed by atoms with Crippen molar-refractivity contribution in [3.63, 3.8) is 0 Å². The molecule has 0 aliphatic carbocycles. The van der Waals surface area contributed by atoms with Crippen LogP contribution in [0.25, 0.3) is 22.2 Å². The minimum atomic E-state index is 0.712. The molecule has 0 saturated carbocycles. The molecule has 5 rings (SSSR count). The summed E-state index contributed by atoms with van der Waals surface area (Å²) < 4.78 is 6.15. The number of fused-ring (bicyclic) bond motifs is 1. The van der Waals surface area contributed by atoms with Gasteiger partial charge in [0.25, 0.3) is 0 Å². The lowest BCUT2D eigenvalue weighted by molar-refractivity contribution is 0.155. The molecule has 168 valence electrons. The Kier molecular flexibility index (Phi) is 6.63. The summed E-state index contributed by atoms with van der Waals surface area (Å²) in [4.78, 5) is 11.6. The Morgan fingerprint density at radius 3 is 2.67 bits per heavy atom. The number of ether oxygens (including phenoxy) is 1. The first-order chi connectivity index (χ1) is 16.2. The molecule has 0 bridgehead atoms. The van der Waals surface area contributed by atoms with E-state index in [-0.39, 0.29) is 0 Å². The second kappa shape index (κ2) is 10.1. The number of hydrogen-bond donors (Lipinski definition) is 0. The smallest absolute Gasteiger partial charge is 0.128 e. The summed E-state index contributed by atoms with van der Waals surface area (Å²) in [5.41, 5.74) is 5.71. The first-order valence-electron chi connectivity index (χ1n) is 12.0. The molecule has 0 atom stereocenters. The van der Waals surface area contributed by atoms with E-state index in [4.69, 9.17) is 4.74 Å². The minimum Gasteiger partial charge on any atom is -0.492 e. The average Bonchev–Trinajstić information content (AvgIpc) is 2.86. The van der Waals surface area contributed by atoms with Gasteiger partial charge in [-0.05, 0) is 93.2 Å². The summed E-state index contributed by atoms with van der Waals surface area (Å²) in [5.74, 6) is 1.68. The quantitative estimate of drug-likeness (QED) is 0.359. The number of aromatic nitrogens is 2. The highest BCUT2D eigenvalue weighted by Gasteiger charge is 2.19. The van der Waals surface area contributed by atoms with Crippen molar-refractivity contribution >= 4 is 10.9 Å². The molecule has 1 fully saturated rings. The van der Waals surface area contributed by atoms with Crippen molar-refractivity contribution in [2.24, 2.45) is 5.92 Å². The Morgan fingerprint density at radius 2 is 1.82 bits per heavy atom. The lowest BCUT2D eigenvalue weighted by Gasteiger charge is -2.32. The van der Waals surface area contributed by atoms with Gasteiger partial charge >= 0.3 is 0 Å². The van der Waals surface area contributed by atoms with E-state index in [0.717, 1.165) is 60.0 Å². The Morgan fingerprint density at radius 1 is 0.939 bits per heavy atom. The van der Waals surface area contributed by atoms with Crippen LogP contribution in [-0.4, -0.2) is 41.1 Å². The largest absolute Gasteiger partial charge is 0.492 e. The van der Waals surface area contributed by atoms with E-state index in [1.165, 1.54) is 24.0 Å². The molecule has 4 aromatic rings. The number of benzene rings is 2. The highest BCUT2D eigenvalue weighted by atomic mass is 16.5. The molecule has 0 radical (unpaired) electrons. The summed E-state index contributed by atoms with van der Waals surface area (Å²) in [6.45, 7) is 5.99. The zero-order valence-corrected chi connectivity index (χ0v) is 19.3. The van der Waals surface area contributed by atoms with Gasteiger partial charge in [-0.2, -0.15) is 0 Å². The van der Waals surface area contributed by atoms with E-state index in [9.17, 15) is 0 Å². The van der Waals surface area contributed by atoms with Gasteiger partial charge in [0.2, 0.25) is 0 Å². The molecular formula is C29H31N3O. The molecule has 33 heavy (non-hydrogen) atoms. The van der Waals surface area contributed by atoms with Crippen molar-refractivity contribution in [1.82, 2.24) is 14.9 Å². The van der Waals surface area contributed by atoms with Crippen LogP contribution in [0.15, 0.2) is 79.0 Å². The van der Waals surface area contributed by atoms with Gasteiger partial charge in [-0.1, -0.05) is 30.3 Å². The van der Waals surface area contributed by atoms with Gasteiger partial charge in [0.15, 0.2) is 0 Å². The second-order valence-electron chi connectivity index (χ2n) is 9.03. The van der Waals surface area contributed by atoms with Gasteiger partial charge in [0.05, 0.1) is 11.2 Å². The molecule has 1 saturated heterocycles. The molecule has 0 N–H and O–H groups in total. The fourth-order valence-corrected chi connectivity index (χ4v) is 4.78. The molecule has 0 amide bonds. The van der Waals surface area contributed by atoms with E-state index in [0.29, 0.717) is 6.61 Å².